The van der Waals surface area contributed by atoms with Gasteiger partial charge in [-0.2, -0.15) is 0 Å². The van der Waals surface area contributed by atoms with Crippen molar-refractivity contribution in [3.8, 4) is 0 Å². The fourth-order valence-electron chi connectivity index (χ4n) is 6.29. The minimum absolute atomic E-state index is 0.0634. The van der Waals surface area contributed by atoms with Gasteiger partial charge in [-0.15, -0.1) is 0 Å². The first-order valence-corrected chi connectivity index (χ1v) is 14.1. The van der Waals surface area contributed by atoms with E-state index >= 15 is 0 Å². The van der Waals surface area contributed by atoms with Crippen LogP contribution in [0.2, 0.25) is 0 Å². The third-order valence-electron chi connectivity index (χ3n) is 8.19. The smallest absolute Gasteiger partial charge is 0.308 e. The van der Waals surface area contributed by atoms with Crippen molar-refractivity contribution < 1.29 is 4.79 Å². The van der Waals surface area contributed by atoms with Crippen molar-refractivity contribution >= 4 is 17.4 Å². The number of para-hydroxylation sites is 1. The van der Waals surface area contributed by atoms with Crippen molar-refractivity contribution in [2.45, 2.75) is 58.3 Å². The normalized spacial score (nSPS) is 20.7. The number of nitrogens with zero attached hydrogens (tertiary/aromatic N) is 1. The molecule has 0 heterocycles. The first-order chi connectivity index (χ1) is 18.1. The Kier molecular flexibility index (Phi) is 8.40. The monoisotopic (exact) mass is 492 g/mol. The van der Waals surface area contributed by atoms with E-state index < -0.39 is 0 Å². The van der Waals surface area contributed by atoms with E-state index in [4.69, 9.17) is 0 Å². The molecule has 2 bridgehead atoms. The van der Waals surface area contributed by atoms with E-state index in [1.165, 1.54) is 49.7 Å². The largest absolute Gasteiger partial charge is 0.326 e. The van der Waals surface area contributed by atoms with Crippen molar-refractivity contribution in [1.82, 2.24) is 0 Å². The van der Waals surface area contributed by atoms with Crippen LogP contribution < -0.4 is 10.2 Å². The number of urea groups is 1. The number of hydrogen-bond donors (Lipinski definition) is 1. The zero-order chi connectivity index (χ0) is 25.5. The molecule has 3 atom stereocenters. The molecular formula is C34H40N2O. The maximum atomic E-state index is 13.2. The summed E-state index contributed by atoms with van der Waals surface area (Å²) >= 11 is 0. The highest BCUT2D eigenvalue weighted by atomic mass is 16.2. The van der Waals surface area contributed by atoms with Gasteiger partial charge in [0.05, 0.1) is 0 Å². The Morgan fingerprint density at radius 2 is 1.59 bits per heavy atom. The second-order valence-corrected chi connectivity index (χ2v) is 11.0. The summed E-state index contributed by atoms with van der Waals surface area (Å²) in [6.07, 6.45) is 12.5. The summed E-state index contributed by atoms with van der Waals surface area (Å²) in [5, 5.41) is 3.09. The number of unbranched alkanes of at least 4 members (excludes halogenated alkanes) is 1. The lowest BCUT2D eigenvalue weighted by Crippen LogP contribution is -2.35. The Bertz CT molecular complexity index is 1170. The molecule has 3 aromatic carbocycles. The van der Waals surface area contributed by atoms with Crippen LogP contribution in [0.1, 0.15) is 56.1 Å². The molecule has 0 spiro atoms. The predicted octanol–water partition coefficient (Wildman–Crippen LogP) is 8.81. The van der Waals surface area contributed by atoms with Gasteiger partial charge < -0.3 is 5.32 Å². The molecule has 1 saturated carbocycles. The van der Waals surface area contributed by atoms with Gasteiger partial charge in [-0.3, -0.25) is 4.90 Å². The van der Waals surface area contributed by atoms with Gasteiger partial charge in [-0.05, 0) is 106 Å². The molecule has 3 nitrogen and oxygen atoms in total. The zero-order valence-corrected chi connectivity index (χ0v) is 22.1. The summed E-state index contributed by atoms with van der Waals surface area (Å²) in [5.41, 5.74) is 6.15. The van der Waals surface area contributed by atoms with Crippen LogP contribution in [0.3, 0.4) is 0 Å². The van der Waals surface area contributed by atoms with E-state index in [0.717, 1.165) is 48.5 Å². The molecule has 1 N–H and O–H groups in total. The molecular weight excluding hydrogens is 452 g/mol. The van der Waals surface area contributed by atoms with Crippen molar-refractivity contribution in [3.63, 3.8) is 0 Å². The third kappa shape index (κ3) is 6.91. The van der Waals surface area contributed by atoms with Crippen LogP contribution in [-0.2, 0) is 6.42 Å². The topological polar surface area (TPSA) is 32.3 Å². The van der Waals surface area contributed by atoms with Crippen molar-refractivity contribution in [2.24, 2.45) is 17.8 Å². The third-order valence-corrected chi connectivity index (χ3v) is 8.19. The molecule has 6 rings (SSSR count). The van der Waals surface area contributed by atoms with Crippen LogP contribution >= 0.6 is 0 Å². The molecule has 192 valence electrons. The van der Waals surface area contributed by atoms with Crippen LogP contribution in [-0.4, -0.2) is 12.6 Å². The average Bonchev–Trinajstić information content (AvgIpc) is 3.21. The molecule has 3 aromatic rings. The molecule has 1 fully saturated rings. The van der Waals surface area contributed by atoms with E-state index in [-0.39, 0.29) is 6.03 Å². The summed E-state index contributed by atoms with van der Waals surface area (Å²) in [6, 6.07) is 29.0. The van der Waals surface area contributed by atoms with Gasteiger partial charge in [-0.1, -0.05) is 77.9 Å². The highest BCUT2D eigenvalue weighted by Gasteiger charge is 2.31. The molecule has 0 aliphatic heterocycles. The van der Waals surface area contributed by atoms with Crippen molar-refractivity contribution in [1.29, 1.82) is 0 Å². The van der Waals surface area contributed by atoms with E-state index in [2.05, 4.69) is 48.6 Å². The maximum absolute atomic E-state index is 13.2. The molecule has 3 heteroatoms. The number of hydrogen-bond acceptors (Lipinski definition) is 1. The maximum Gasteiger partial charge on any atom is 0.326 e. The standard InChI is InChI=1S/C34H40N2O/c1-26-15-19-32(20-16-26)35-34(37)36(33-13-6-3-7-14-33)21-9-8-12-30-24-28-17-18-31(30)25-29(23-28)22-27-10-4-2-5-11-27/h2-7,10-11,13-16,19-20,24,28-29,31H,8-9,12,17-18,21-23,25H2,1H3,(H,35,37)/t28-,29?,31+/m0/s1. The number of aryl methyl sites for hydroxylation is 1. The minimum atomic E-state index is -0.0634. The fourth-order valence-corrected chi connectivity index (χ4v) is 6.29. The molecule has 1 unspecified atom stereocenters. The van der Waals surface area contributed by atoms with Crippen LogP contribution in [0.4, 0.5) is 16.2 Å². The van der Waals surface area contributed by atoms with Crippen LogP contribution in [0.25, 0.3) is 0 Å². The lowest BCUT2D eigenvalue weighted by molar-refractivity contribution is 0.256. The first-order valence-electron chi connectivity index (χ1n) is 14.1. The second-order valence-electron chi connectivity index (χ2n) is 11.0. The first kappa shape index (κ1) is 25.3. The number of nitrogens with one attached hydrogen (secondary N) is 1. The molecule has 0 radical (unpaired) electrons. The Morgan fingerprint density at radius 1 is 0.865 bits per heavy atom. The van der Waals surface area contributed by atoms with E-state index in [0.29, 0.717) is 0 Å². The molecule has 2 amide bonds. The lowest BCUT2D eigenvalue weighted by Gasteiger charge is -2.26. The Morgan fingerprint density at radius 3 is 2.35 bits per heavy atom. The van der Waals surface area contributed by atoms with Gasteiger partial charge in [0.1, 0.15) is 0 Å². The van der Waals surface area contributed by atoms with E-state index in [1.54, 1.807) is 5.57 Å². The Labute approximate surface area is 222 Å². The number of carbonyl (C=O) groups is 1. The van der Waals surface area contributed by atoms with Gasteiger partial charge in [0.15, 0.2) is 0 Å². The van der Waals surface area contributed by atoms with Gasteiger partial charge >= 0.3 is 6.03 Å². The molecule has 3 aliphatic rings. The number of anilines is 2. The summed E-state index contributed by atoms with van der Waals surface area (Å²) < 4.78 is 0. The molecule has 37 heavy (non-hydrogen) atoms. The average molecular weight is 493 g/mol. The molecule has 3 aliphatic carbocycles. The van der Waals surface area contributed by atoms with Crippen LogP contribution in [0.15, 0.2) is 96.6 Å². The summed E-state index contributed by atoms with van der Waals surface area (Å²) in [7, 11) is 0. The van der Waals surface area contributed by atoms with Gasteiger partial charge in [0, 0.05) is 17.9 Å². The summed E-state index contributed by atoms with van der Waals surface area (Å²) in [6.45, 7) is 2.78. The number of carbonyl (C=O) groups excluding carboxylic acids is 1. The highest BCUT2D eigenvalue weighted by Crippen LogP contribution is 2.43. The quantitative estimate of drug-likeness (QED) is 0.235. The van der Waals surface area contributed by atoms with Crippen molar-refractivity contribution in [2.75, 3.05) is 16.8 Å². The number of fused-ring (bicyclic) bond motifs is 3. The predicted molar refractivity (Wildman–Crippen MR) is 155 cm³/mol. The fraction of sp³-hybridized carbons (Fsp3) is 0.382. The number of rotatable bonds is 9. The Balaban J connectivity index is 1.16. The zero-order valence-electron chi connectivity index (χ0n) is 22.1. The molecule has 0 aromatic heterocycles. The Hall–Kier alpha value is -3.33. The summed E-state index contributed by atoms with van der Waals surface area (Å²) in [5.74, 6) is 2.30. The lowest BCUT2D eigenvalue weighted by atomic mass is 9.81. The summed E-state index contributed by atoms with van der Waals surface area (Å²) in [4.78, 5) is 15.1. The SMILES string of the molecule is Cc1ccc(NC(=O)N(CCCCC2=C[C@H]3CC[C@@H]2CC(Cc2ccccc2)C3)c2ccccc2)cc1. The van der Waals surface area contributed by atoms with Gasteiger partial charge in [0.25, 0.3) is 0 Å². The van der Waals surface area contributed by atoms with Crippen LogP contribution in [0.5, 0.6) is 0 Å². The minimum Gasteiger partial charge on any atom is -0.308 e. The highest BCUT2D eigenvalue weighted by molar-refractivity contribution is 6.01. The second kappa shape index (κ2) is 12.3. The molecule has 0 saturated heterocycles. The number of benzene rings is 3. The van der Waals surface area contributed by atoms with Gasteiger partial charge in [-0.25, -0.2) is 4.79 Å². The van der Waals surface area contributed by atoms with Crippen LogP contribution in [0, 0.1) is 24.7 Å². The number of amides is 2. The van der Waals surface area contributed by atoms with Crippen molar-refractivity contribution in [3.05, 3.63) is 108 Å². The number of allylic oxidation sites excluding steroid dienone is 2. The van der Waals surface area contributed by atoms with E-state index in [1.807, 2.05) is 59.5 Å². The van der Waals surface area contributed by atoms with Gasteiger partial charge in [0.2, 0.25) is 0 Å². The van der Waals surface area contributed by atoms with E-state index in [9.17, 15) is 4.79 Å².